The molecule has 0 spiro atoms. The van der Waals surface area contributed by atoms with Crippen molar-refractivity contribution in [1.29, 1.82) is 0 Å². The summed E-state index contributed by atoms with van der Waals surface area (Å²) in [5.41, 5.74) is -3.30. The predicted molar refractivity (Wildman–Crippen MR) is 255 cm³/mol. The van der Waals surface area contributed by atoms with E-state index in [9.17, 15) is 0 Å². The first kappa shape index (κ1) is 38.4. The van der Waals surface area contributed by atoms with Crippen LogP contribution in [0.5, 0.6) is 0 Å². The molecule has 0 saturated carbocycles. The standard InChI is InChI=1S/C36H45N9S9/c1-28-10-46-20(37-28)29(2)12-48-22(39-29)31(4)14-50-24(41-31)33(6)16-52-26(43-33)35(8)18-54-27(45-35)36(9)17-53-25(44-36)34(7)15-51-23(42-34)32(5)13-49-21(40-32)30(3)11-47-19(28)38-30/h10-18H2,1-9H3/t28-,29-,30-,31-,32-,33-,34-,35-,36-/m0/s1. The molecule has 18 bridgehead atoms. The Morgan fingerprint density at radius 1 is 0.222 bits per heavy atom. The average molecular weight is 892 g/mol. The van der Waals surface area contributed by atoms with Gasteiger partial charge in [-0.2, -0.15) is 0 Å². The highest BCUT2D eigenvalue weighted by Gasteiger charge is 2.55. The van der Waals surface area contributed by atoms with Crippen molar-refractivity contribution in [2.24, 2.45) is 44.9 Å². The molecule has 0 amide bonds. The Morgan fingerprint density at radius 2 is 0.315 bits per heavy atom. The lowest BCUT2D eigenvalue weighted by molar-refractivity contribution is 0.666. The van der Waals surface area contributed by atoms with Gasteiger partial charge in [-0.25, -0.2) is 0 Å². The normalized spacial score (nSPS) is 49.2. The van der Waals surface area contributed by atoms with Crippen molar-refractivity contribution >= 4 is 151 Å². The zero-order valence-electron chi connectivity index (χ0n) is 32.1. The molecule has 0 saturated heterocycles. The van der Waals surface area contributed by atoms with E-state index in [1.807, 2.05) is 106 Å². The van der Waals surface area contributed by atoms with E-state index in [0.29, 0.717) is 0 Å². The zero-order chi connectivity index (χ0) is 37.8. The number of nitrogens with zero attached hydrogens (tertiary/aromatic N) is 9. The summed E-state index contributed by atoms with van der Waals surface area (Å²) in [4.78, 5) is 49.3. The lowest BCUT2D eigenvalue weighted by Crippen LogP contribution is -2.35. The maximum Gasteiger partial charge on any atom is 0.116 e. The molecule has 0 aromatic rings. The summed E-state index contributed by atoms with van der Waals surface area (Å²) >= 11 is 16.8. The summed E-state index contributed by atoms with van der Waals surface area (Å²) in [6.07, 6.45) is 0. The molecule has 9 atom stereocenters. The van der Waals surface area contributed by atoms with Gasteiger partial charge >= 0.3 is 0 Å². The molecule has 10 heterocycles. The summed E-state index contributed by atoms with van der Waals surface area (Å²) in [5, 5.41) is 10.1. The Labute approximate surface area is 357 Å². The van der Waals surface area contributed by atoms with Crippen LogP contribution in [-0.4, -0.2) is 147 Å². The monoisotopic (exact) mass is 891 g/mol. The maximum absolute atomic E-state index is 5.48. The molecule has 0 unspecified atom stereocenters. The number of fused-ring (bicyclic) bond motifs is 18. The first-order valence-corrected chi connectivity index (χ1v) is 27.3. The zero-order valence-corrected chi connectivity index (χ0v) is 39.4. The van der Waals surface area contributed by atoms with E-state index in [-0.39, 0.29) is 49.9 Å². The second kappa shape index (κ2) is 12.4. The summed E-state index contributed by atoms with van der Waals surface area (Å²) in [7, 11) is 0. The molecule has 54 heavy (non-hydrogen) atoms. The van der Waals surface area contributed by atoms with Gasteiger partial charge in [0.2, 0.25) is 0 Å². The van der Waals surface area contributed by atoms with E-state index < -0.39 is 0 Å². The van der Waals surface area contributed by atoms with Crippen molar-refractivity contribution in [1.82, 2.24) is 0 Å². The Balaban J connectivity index is 1.06. The van der Waals surface area contributed by atoms with Crippen molar-refractivity contribution in [3.8, 4) is 0 Å². The number of hydrogen-bond donors (Lipinski definition) is 0. The predicted octanol–water partition coefficient (Wildman–Crippen LogP) is 8.14. The molecule has 0 fully saturated rings. The van der Waals surface area contributed by atoms with Crippen molar-refractivity contribution < 1.29 is 0 Å². The van der Waals surface area contributed by atoms with Crippen LogP contribution in [0.1, 0.15) is 62.3 Å². The van der Waals surface area contributed by atoms with Gasteiger partial charge in [-0.15, -0.1) is 106 Å². The van der Waals surface area contributed by atoms with E-state index in [0.717, 1.165) is 97.2 Å². The minimum atomic E-state index is -0.366. The van der Waals surface area contributed by atoms with Gasteiger partial charge in [0.1, 0.15) is 49.9 Å². The molecule has 10 aliphatic heterocycles. The molecule has 288 valence electrons. The first-order chi connectivity index (χ1) is 25.3. The number of hydrogen-bond acceptors (Lipinski definition) is 18. The first-order valence-electron chi connectivity index (χ1n) is 18.4. The Hall–Kier alpha value is 0.180. The van der Waals surface area contributed by atoms with Gasteiger partial charge in [-0.1, -0.05) is 0 Å². The lowest BCUT2D eigenvalue weighted by atomic mass is 10.0. The van der Waals surface area contributed by atoms with E-state index in [2.05, 4.69) is 62.3 Å². The van der Waals surface area contributed by atoms with E-state index in [1.165, 1.54) is 0 Å². The van der Waals surface area contributed by atoms with Crippen LogP contribution in [0.4, 0.5) is 0 Å². The van der Waals surface area contributed by atoms with Crippen LogP contribution >= 0.6 is 106 Å². The van der Waals surface area contributed by atoms with Crippen molar-refractivity contribution in [2.45, 2.75) is 112 Å². The van der Waals surface area contributed by atoms with Gasteiger partial charge < -0.3 is 0 Å². The Kier molecular flexibility index (Phi) is 8.80. The fourth-order valence-corrected chi connectivity index (χ4v) is 20.6. The van der Waals surface area contributed by atoms with Gasteiger partial charge in [-0.3, -0.25) is 44.9 Å². The fourth-order valence-electron chi connectivity index (χ4n) is 7.95. The van der Waals surface area contributed by atoms with Crippen LogP contribution in [0.25, 0.3) is 0 Å². The van der Waals surface area contributed by atoms with Crippen LogP contribution in [0.2, 0.25) is 0 Å². The second-order valence-corrected chi connectivity index (χ2v) is 26.5. The smallest absolute Gasteiger partial charge is 0.116 e. The van der Waals surface area contributed by atoms with Crippen LogP contribution in [0.3, 0.4) is 0 Å². The third-order valence-corrected chi connectivity index (χ3v) is 25.3. The molecular formula is C36H45N9S9. The van der Waals surface area contributed by atoms with Gasteiger partial charge in [0.25, 0.3) is 0 Å². The van der Waals surface area contributed by atoms with Crippen LogP contribution in [-0.2, 0) is 0 Å². The molecule has 0 aliphatic carbocycles. The highest BCUT2D eigenvalue weighted by atomic mass is 32.2. The average Bonchev–Trinajstić information content (AvgIpc) is 3.95. The summed E-state index contributed by atoms with van der Waals surface area (Å²) < 4.78 is 0. The number of aliphatic imine (C=N–C) groups is 9. The Morgan fingerprint density at radius 3 is 0.407 bits per heavy atom. The molecule has 10 aliphatic rings. The summed E-state index contributed by atoms with van der Waals surface area (Å²) in [5.74, 6) is 7.95. The van der Waals surface area contributed by atoms with Crippen molar-refractivity contribution in [2.75, 3.05) is 51.8 Å². The van der Waals surface area contributed by atoms with Crippen LogP contribution in [0.15, 0.2) is 44.9 Å². The summed E-state index contributed by atoms with van der Waals surface area (Å²) in [6, 6.07) is 0. The molecule has 9 nitrogen and oxygen atoms in total. The van der Waals surface area contributed by atoms with Crippen LogP contribution < -0.4 is 0 Å². The second-order valence-electron chi connectivity index (χ2n) is 17.8. The van der Waals surface area contributed by atoms with E-state index in [4.69, 9.17) is 44.9 Å². The van der Waals surface area contributed by atoms with Gasteiger partial charge in [-0.05, 0) is 62.3 Å². The van der Waals surface area contributed by atoms with Gasteiger partial charge in [0, 0.05) is 51.8 Å². The maximum atomic E-state index is 5.48. The van der Waals surface area contributed by atoms with Crippen LogP contribution in [0, 0.1) is 0 Å². The summed E-state index contributed by atoms with van der Waals surface area (Å²) in [6.45, 7) is 20.4. The lowest BCUT2D eigenvalue weighted by Gasteiger charge is -2.22. The SMILES string of the molecule is C[C@@]12CSC(=N1)[C@]1(C)CSC(=N1)[C@]1(C)CSC(=N1)[C@]1(C)CSC(=N1)[C@]1(C)CSC(=N1)[C@]1(C)CSC(=N1)[C@]1(C)CSC(=N1)[C@]1(C)CSC(=N1)[C@]1(C)CSC2=N1. The number of rotatable bonds is 0. The third-order valence-electron chi connectivity index (χ3n) is 11.7. The molecule has 0 radical (unpaired) electrons. The van der Waals surface area contributed by atoms with E-state index in [1.54, 1.807) is 0 Å². The molecule has 0 N–H and O–H groups in total. The topological polar surface area (TPSA) is 111 Å². The fraction of sp³-hybridized carbons (Fsp3) is 0.750. The largest absolute Gasteiger partial charge is 0.266 e. The molecule has 0 aromatic carbocycles. The van der Waals surface area contributed by atoms with Gasteiger partial charge in [0.15, 0.2) is 0 Å². The molecule has 18 heteroatoms. The van der Waals surface area contributed by atoms with E-state index >= 15 is 0 Å². The minimum Gasteiger partial charge on any atom is -0.266 e. The third kappa shape index (κ3) is 5.83. The van der Waals surface area contributed by atoms with Gasteiger partial charge in [0.05, 0.1) is 45.4 Å². The molecule has 10 rings (SSSR count). The van der Waals surface area contributed by atoms with Crippen molar-refractivity contribution in [3.05, 3.63) is 0 Å². The highest BCUT2D eigenvalue weighted by Crippen LogP contribution is 2.52. The highest BCUT2D eigenvalue weighted by molar-refractivity contribution is 8.19. The molecular weight excluding hydrogens is 847 g/mol. The van der Waals surface area contributed by atoms with Crippen molar-refractivity contribution in [3.63, 3.8) is 0 Å². The quantitative estimate of drug-likeness (QED) is 0.223. The Bertz CT molecular complexity index is 1620. The number of thioether (sulfide) groups is 9. The molecule has 0 aromatic heterocycles. The minimum absolute atomic E-state index is 0.366.